The van der Waals surface area contributed by atoms with Gasteiger partial charge in [0, 0.05) is 0 Å². The number of ether oxygens (including phenoxy) is 1. The first-order chi connectivity index (χ1) is 10.6. The van der Waals surface area contributed by atoms with Crippen LogP contribution in [0.1, 0.15) is 31.1 Å². The number of nitrogens with zero attached hydrogens (tertiary/aromatic N) is 1. The third-order valence-corrected chi connectivity index (χ3v) is 3.32. The van der Waals surface area contributed by atoms with Gasteiger partial charge in [0.15, 0.2) is 0 Å². The number of esters is 1. The molecule has 0 spiro atoms. The van der Waals surface area contributed by atoms with Crippen LogP contribution in [0.2, 0.25) is 0 Å². The largest absolute Gasteiger partial charge is 0.465 e. The standard InChI is InChI=1S/C16H12N2O4/c1-22-16(21)10-7-8-12-13(9-10)15(20)18(14(12)19)17-11-5-3-2-4-6-11/h2-9,17H,1H3. The SMILES string of the molecule is COC(=O)c1ccc2c(c1)C(=O)N(Nc1ccccc1)C2=O. The summed E-state index contributed by atoms with van der Waals surface area (Å²) in [6.45, 7) is 0. The van der Waals surface area contributed by atoms with Gasteiger partial charge in [0.05, 0.1) is 29.5 Å². The molecule has 0 atom stereocenters. The summed E-state index contributed by atoms with van der Waals surface area (Å²) in [5.74, 6) is -1.52. The highest BCUT2D eigenvalue weighted by atomic mass is 16.5. The van der Waals surface area contributed by atoms with Gasteiger partial charge in [0.1, 0.15) is 0 Å². The van der Waals surface area contributed by atoms with Gasteiger partial charge in [-0.1, -0.05) is 18.2 Å². The van der Waals surface area contributed by atoms with E-state index in [9.17, 15) is 14.4 Å². The Hall–Kier alpha value is -3.15. The number of carbonyl (C=O) groups is 3. The second kappa shape index (κ2) is 5.33. The lowest BCUT2D eigenvalue weighted by Gasteiger charge is -2.16. The molecule has 1 N–H and O–H groups in total. The van der Waals surface area contributed by atoms with Crippen LogP contribution in [0.25, 0.3) is 0 Å². The Morgan fingerprint density at radius 2 is 1.68 bits per heavy atom. The highest BCUT2D eigenvalue weighted by molar-refractivity contribution is 6.22. The molecule has 3 rings (SSSR count). The van der Waals surface area contributed by atoms with Gasteiger partial charge in [0.25, 0.3) is 11.8 Å². The zero-order chi connectivity index (χ0) is 15.7. The number of benzene rings is 2. The molecule has 0 saturated carbocycles. The molecule has 0 aromatic heterocycles. The Bertz CT molecular complexity index is 771. The molecule has 6 heteroatoms. The van der Waals surface area contributed by atoms with Gasteiger partial charge >= 0.3 is 5.97 Å². The summed E-state index contributed by atoms with van der Waals surface area (Å²) in [6, 6.07) is 13.2. The smallest absolute Gasteiger partial charge is 0.337 e. The van der Waals surface area contributed by atoms with E-state index in [1.54, 1.807) is 24.3 Å². The molecular weight excluding hydrogens is 284 g/mol. The summed E-state index contributed by atoms with van der Waals surface area (Å²) in [7, 11) is 1.26. The Labute approximate surface area is 126 Å². The van der Waals surface area contributed by atoms with Crippen LogP contribution in [-0.2, 0) is 4.74 Å². The fourth-order valence-electron chi connectivity index (χ4n) is 2.23. The molecule has 1 heterocycles. The average molecular weight is 296 g/mol. The van der Waals surface area contributed by atoms with E-state index in [1.807, 2.05) is 6.07 Å². The van der Waals surface area contributed by atoms with Gasteiger partial charge in [0.2, 0.25) is 0 Å². The Kier molecular flexibility index (Phi) is 3.34. The highest BCUT2D eigenvalue weighted by Gasteiger charge is 2.36. The summed E-state index contributed by atoms with van der Waals surface area (Å²) in [6.07, 6.45) is 0. The van der Waals surface area contributed by atoms with Crippen molar-refractivity contribution in [3.8, 4) is 0 Å². The van der Waals surface area contributed by atoms with Gasteiger partial charge < -0.3 is 4.74 Å². The third-order valence-electron chi connectivity index (χ3n) is 3.32. The maximum Gasteiger partial charge on any atom is 0.337 e. The first-order valence-electron chi connectivity index (χ1n) is 6.54. The maximum absolute atomic E-state index is 12.4. The van der Waals surface area contributed by atoms with Crippen LogP contribution in [-0.4, -0.2) is 29.9 Å². The molecule has 1 aliphatic heterocycles. The molecule has 0 fully saturated rings. The molecule has 0 bridgehead atoms. The van der Waals surface area contributed by atoms with E-state index >= 15 is 0 Å². The second-order valence-electron chi connectivity index (χ2n) is 4.68. The van der Waals surface area contributed by atoms with Gasteiger partial charge in [-0.2, -0.15) is 5.01 Å². The molecule has 2 amide bonds. The summed E-state index contributed by atoms with van der Waals surface area (Å²) in [5.41, 5.74) is 4.04. The number of hydrogen-bond acceptors (Lipinski definition) is 5. The monoisotopic (exact) mass is 296 g/mol. The zero-order valence-corrected chi connectivity index (χ0v) is 11.7. The molecule has 2 aromatic carbocycles. The Morgan fingerprint density at radius 3 is 2.36 bits per heavy atom. The van der Waals surface area contributed by atoms with E-state index in [-0.39, 0.29) is 16.7 Å². The molecule has 22 heavy (non-hydrogen) atoms. The summed E-state index contributed by atoms with van der Waals surface area (Å²) >= 11 is 0. The van der Waals surface area contributed by atoms with Crippen molar-refractivity contribution < 1.29 is 19.1 Å². The normalized spacial score (nSPS) is 13.0. The molecular formula is C16H12N2O4. The van der Waals surface area contributed by atoms with Gasteiger partial charge in [-0.25, -0.2) is 4.79 Å². The van der Waals surface area contributed by atoms with E-state index in [2.05, 4.69) is 10.2 Å². The minimum Gasteiger partial charge on any atom is -0.465 e. The van der Waals surface area contributed by atoms with Crippen molar-refractivity contribution in [3.63, 3.8) is 0 Å². The second-order valence-corrected chi connectivity index (χ2v) is 4.68. The van der Waals surface area contributed by atoms with Crippen LogP contribution in [0.15, 0.2) is 48.5 Å². The van der Waals surface area contributed by atoms with Crippen molar-refractivity contribution in [2.75, 3.05) is 12.5 Å². The van der Waals surface area contributed by atoms with Gasteiger partial charge in [-0.05, 0) is 30.3 Å². The zero-order valence-electron chi connectivity index (χ0n) is 11.7. The number of nitrogens with one attached hydrogen (secondary N) is 1. The number of imide groups is 1. The topological polar surface area (TPSA) is 75.7 Å². The maximum atomic E-state index is 12.4. The number of carbonyl (C=O) groups excluding carboxylic acids is 3. The molecule has 2 aromatic rings. The van der Waals surface area contributed by atoms with Crippen LogP contribution in [0.5, 0.6) is 0 Å². The summed E-state index contributed by atoms with van der Waals surface area (Å²) in [5, 5.41) is 0.932. The first-order valence-corrected chi connectivity index (χ1v) is 6.54. The number of anilines is 1. The van der Waals surface area contributed by atoms with Crippen LogP contribution in [0.3, 0.4) is 0 Å². The predicted octanol–water partition coefficient (Wildman–Crippen LogP) is 2.10. The molecule has 110 valence electrons. The number of rotatable bonds is 3. The first kappa shape index (κ1) is 13.8. The summed E-state index contributed by atoms with van der Waals surface area (Å²) in [4.78, 5) is 36.2. The van der Waals surface area contributed by atoms with E-state index in [0.29, 0.717) is 5.69 Å². The van der Waals surface area contributed by atoms with Crippen LogP contribution in [0, 0.1) is 0 Å². The molecule has 0 aliphatic carbocycles. The minimum absolute atomic E-state index is 0.177. The lowest BCUT2D eigenvalue weighted by atomic mass is 10.1. The van der Waals surface area contributed by atoms with Crippen LogP contribution < -0.4 is 5.43 Å². The summed E-state index contributed by atoms with van der Waals surface area (Å²) < 4.78 is 4.62. The fraction of sp³-hybridized carbons (Fsp3) is 0.0625. The van der Waals surface area contributed by atoms with Crippen molar-refractivity contribution in [1.29, 1.82) is 0 Å². The van der Waals surface area contributed by atoms with E-state index in [1.165, 1.54) is 25.3 Å². The molecule has 0 unspecified atom stereocenters. The Balaban J connectivity index is 1.93. The van der Waals surface area contributed by atoms with Crippen molar-refractivity contribution in [2.45, 2.75) is 0 Å². The third kappa shape index (κ3) is 2.20. The Morgan fingerprint density at radius 1 is 1.00 bits per heavy atom. The van der Waals surface area contributed by atoms with Crippen molar-refractivity contribution in [1.82, 2.24) is 5.01 Å². The molecule has 0 saturated heterocycles. The van der Waals surface area contributed by atoms with E-state index in [4.69, 9.17) is 0 Å². The van der Waals surface area contributed by atoms with Gasteiger partial charge in [-0.3, -0.25) is 15.0 Å². The number of hydrazine groups is 1. The number of amides is 2. The van der Waals surface area contributed by atoms with Gasteiger partial charge in [-0.15, -0.1) is 0 Å². The van der Waals surface area contributed by atoms with Crippen molar-refractivity contribution >= 4 is 23.5 Å². The number of hydrogen-bond donors (Lipinski definition) is 1. The highest BCUT2D eigenvalue weighted by Crippen LogP contribution is 2.25. The minimum atomic E-state index is -0.558. The van der Waals surface area contributed by atoms with Crippen LogP contribution in [0.4, 0.5) is 5.69 Å². The van der Waals surface area contributed by atoms with Crippen molar-refractivity contribution in [2.24, 2.45) is 0 Å². The fourth-order valence-corrected chi connectivity index (χ4v) is 2.23. The molecule has 0 radical (unpaired) electrons. The van der Waals surface area contributed by atoms with Crippen molar-refractivity contribution in [3.05, 3.63) is 65.2 Å². The lowest BCUT2D eigenvalue weighted by molar-refractivity contribution is 0.0600. The molecule has 1 aliphatic rings. The number of fused-ring (bicyclic) bond motifs is 1. The average Bonchev–Trinajstić information content (AvgIpc) is 2.79. The lowest BCUT2D eigenvalue weighted by Crippen LogP contribution is -2.35. The van der Waals surface area contributed by atoms with Crippen LogP contribution >= 0.6 is 0 Å². The number of para-hydroxylation sites is 1. The quantitative estimate of drug-likeness (QED) is 0.693. The van der Waals surface area contributed by atoms with E-state index < -0.39 is 17.8 Å². The predicted molar refractivity (Wildman–Crippen MR) is 78.3 cm³/mol. The molecule has 6 nitrogen and oxygen atoms in total. The van der Waals surface area contributed by atoms with E-state index in [0.717, 1.165) is 5.01 Å². The number of methoxy groups -OCH3 is 1.